The first kappa shape index (κ1) is 17.5. The minimum atomic E-state index is -0.647. The number of hydrogen-bond acceptors (Lipinski definition) is 5. The fourth-order valence-electron chi connectivity index (χ4n) is 2.72. The zero-order valence-corrected chi connectivity index (χ0v) is 14.6. The van der Waals surface area contributed by atoms with Crippen molar-refractivity contribution in [2.75, 3.05) is 19.5 Å². The highest BCUT2D eigenvalue weighted by Gasteiger charge is 2.17. The number of fused-ring (bicyclic) bond motifs is 1. The van der Waals surface area contributed by atoms with Gasteiger partial charge in [-0.3, -0.25) is 9.78 Å². The van der Waals surface area contributed by atoms with Crippen LogP contribution in [0.3, 0.4) is 0 Å². The molecule has 0 fully saturated rings. The number of ether oxygens (including phenoxy) is 2. The summed E-state index contributed by atoms with van der Waals surface area (Å²) >= 11 is 0. The van der Waals surface area contributed by atoms with E-state index in [1.165, 1.54) is 26.5 Å². The van der Waals surface area contributed by atoms with Gasteiger partial charge in [0.05, 0.1) is 31.0 Å². The summed E-state index contributed by atoms with van der Waals surface area (Å²) in [5, 5.41) is 3.72. The van der Waals surface area contributed by atoms with Gasteiger partial charge >= 0.3 is 0 Å². The number of primary amides is 1. The lowest BCUT2D eigenvalue weighted by atomic mass is 10.1. The fourth-order valence-corrected chi connectivity index (χ4v) is 2.72. The Hall–Kier alpha value is -3.35. The molecule has 0 aliphatic rings. The van der Waals surface area contributed by atoms with Gasteiger partial charge in [-0.2, -0.15) is 0 Å². The number of aromatic nitrogens is 1. The summed E-state index contributed by atoms with van der Waals surface area (Å²) in [7, 11) is 3.04. The standard InChI is InChI=1S/C19H18FN3O3/c1-10-13(20)5-4-6-14(10)23-18-11-7-16(25-2)17(26-3)8-15(11)22-9-12(18)19(21)24/h4-9H,1-3H3,(H2,21,24)(H,22,23). The number of amides is 1. The second-order valence-electron chi connectivity index (χ2n) is 5.67. The van der Waals surface area contributed by atoms with Gasteiger partial charge in [-0.05, 0) is 25.1 Å². The van der Waals surface area contributed by atoms with Gasteiger partial charge in [0.25, 0.3) is 5.91 Å². The predicted octanol–water partition coefficient (Wildman–Crippen LogP) is 3.54. The Morgan fingerprint density at radius 3 is 2.54 bits per heavy atom. The molecule has 0 atom stereocenters. The van der Waals surface area contributed by atoms with Crippen molar-refractivity contribution in [1.82, 2.24) is 4.98 Å². The molecule has 26 heavy (non-hydrogen) atoms. The maximum atomic E-state index is 13.9. The van der Waals surface area contributed by atoms with Crippen LogP contribution >= 0.6 is 0 Å². The lowest BCUT2D eigenvalue weighted by Gasteiger charge is -2.16. The minimum Gasteiger partial charge on any atom is -0.493 e. The van der Waals surface area contributed by atoms with Gasteiger partial charge in [-0.1, -0.05) is 6.07 Å². The number of nitrogens with one attached hydrogen (secondary N) is 1. The molecule has 0 spiro atoms. The Kier molecular flexibility index (Phi) is 4.62. The molecule has 3 N–H and O–H groups in total. The van der Waals surface area contributed by atoms with Crippen molar-refractivity contribution in [2.24, 2.45) is 5.73 Å². The molecule has 3 rings (SSSR count). The van der Waals surface area contributed by atoms with Gasteiger partial charge in [-0.15, -0.1) is 0 Å². The van der Waals surface area contributed by atoms with Gasteiger partial charge in [0, 0.05) is 28.9 Å². The molecule has 0 radical (unpaired) electrons. The van der Waals surface area contributed by atoms with Crippen LogP contribution in [0.2, 0.25) is 0 Å². The molecule has 0 unspecified atom stereocenters. The number of methoxy groups -OCH3 is 2. The van der Waals surface area contributed by atoms with E-state index in [1.807, 2.05) is 0 Å². The first-order chi connectivity index (χ1) is 12.5. The molecule has 1 heterocycles. The molecule has 0 saturated heterocycles. The molecule has 0 aliphatic carbocycles. The largest absolute Gasteiger partial charge is 0.493 e. The first-order valence-corrected chi connectivity index (χ1v) is 7.83. The molecule has 2 aromatic carbocycles. The molecule has 1 amide bonds. The van der Waals surface area contributed by atoms with Crippen LogP contribution in [-0.4, -0.2) is 25.1 Å². The summed E-state index contributed by atoms with van der Waals surface area (Å²) in [5.74, 6) is -0.0198. The monoisotopic (exact) mass is 355 g/mol. The summed E-state index contributed by atoms with van der Waals surface area (Å²) in [6.07, 6.45) is 1.38. The molecule has 134 valence electrons. The summed E-state index contributed by atoms with van der Waals surface area (Å²) in [6.45, 7) is 1.65. The second kappa shape index (κ2) is 6.87. The SMILES string of the molecule is COc1cc2ncc(C(N)=O)c(Nc3cccc(F)c3C)c2cc1OC. The number of carbonyl (C=O) groups is 1. The summed E-state index contributed by atoms with van der Waals surface area (Å²) in [4.78, 5) is 16.2. The van der Waals surface area contributed by atoms with Crippen LogP contribution in [-0.2, 0) is 0 Å². The molecule has 6 nitrogen and oxygen atoms in total. The van der Waals surface area contributed by atoms with Crippen molar-refractivity contribution >= 4 is 28.2 Å². The highest BCUT2D eigenvalue weighted by atomic mass is 19.1. The molecule has 0 bridgehead atoms. The van der Waals surface area contributed by atoms with E-state index in [1.54, 1.807) is 31.2 Å². The average Bonchev–Trinajstić information content (AvgIpc) is 2.64. The molecule has 0 aliphatic heterocycles. The number of anilines is 2. The number of pyridine rings is 1. The second-order valence-corrected chi connectivity index (χ2v) is 5.67. The molecule has 3 aromatic rings. The number of nitrogens with two attached hydrogens (primary N) is 1. The zero-order chi connectivity index (χ0) is 18.8. The molecular formula is C19H18FN3O3. The van der Waals surface area contributed by atoms with E-state index < -0.39 is 5.91 Å². The molecule has 1 aromatic heterocycles. The van der Waals surface area contributed by atoms with E-state index >= 15 is 0 Å². The quantitative estimate of drug-likeness (QED) is 0.731. The lowest BCUT2D eigenvalue weighted by molar-refractivity contribution is 0.100. The highest BCUT2D eigenvalue weighted by molar-refractivity contribution is 6.08. The number of benzene rings is 2. The van der Waals surface area contributed by atoms with Crippen molar-refractivity contribution < 1.29 is 18.7 Å². The third kappa shape index (κ3) is 2.99. The number of rotatable bonds is 5. The summed E-state index contributed by atoms with van der Waals surface area (Å²) in [6, 6.07) is 8.07. The Bertz CT molecular complexity index is 1000. The van der Waals surface area contributed by atoms with Crippen molar-refractivity contribution in [3.05, 3.63) is 53.5 Å². The van der Waals surface area contributed by atoms with Crippen LogP contribution in [0.15, 0.2) is 36.5 Å². The highest BCUT2D eigenvalue weighted by Crippen LogP contribution is 2.37. The van der Waals surface area contributed by atoms with Crippen molar-refractivity contribution in [3.8, 4) is 11.5 Å². The van der Waals surface area contributed by atoms with Crippen LogP contribution in [0.4, 0.5) is 15.8 Å². The van der Waals surface area contributed by atoms with E-state index in [9.17, 15) is 9.18 Å². The number of halogens is 1. The van der Waals surface area contributed by atoms with Crippen molar-refractivity contribution in [1.29, 1.82) is 0 Å². The first-order valence-electron chi connectivity index (χ1n) is 7.83. The van der Waals surface area contributed by atoms with Gasteiger partial charge < -0.3 is 20.5 Å². The van der Waals surface area contributed by atoms with Gasteiger partial charge in [0.1, 0.15) is 5.82 Å². The maximum absolute atomic E-state index is 13.9. The molecule has 0 saturated carbocycles. The molecular weight excluding hydrogens is 337 g/mol. The third-order valence-electron chi connectivity index (χ3n) is 4.17. The predicted molar refractivity (Wildman–Crippen MR) is 97.8 cm³/mol. The van der Waals surface area contributed by atoms with Crippen molar-refractivity contribution in [2.45, 2.75) is 6.92 Å². The summed E-state index contributed by atoms with van der Waals surface area (Å²) < 4.78 is 24.5. The topological polar surface area (TPSA) is 86.5 Å². The normalized spacial score (nSPS) is 10.6. The van der Waals surface area contributed by atoms with E-state index in [0.29, 0.717) is 39.3 Å². The van der Waals surface area contributed by atoms with E-state index in [0.717, 1.165) is 0 Å². The number of nitrogens with zero attached hydrogens (tertiary/aromatic N) is 1. The van der Waals surface area contributed by atoms with E-state index in [4.69, 9.17) is 15.2 Å². The Morgan fingerprint density at radius 1 is 1.19 bits per heavy atom. The van der Waals surface area contributed by atoms with E-state index in [-0.39, 0.29) is 11.4 Å². The van der Waals surface area contributed by atoms with Gasteiger partial charge in [0.2, 0.25) is 0 Å². The van der Waals surface area contributed by atoms with Gasteiger partial charge in [0.15, 0.2) is 11.5 Å². The fraction of sp³-hybridized carbons (Fsp3) is 0.158. The lowest BCUT2D eigenvalue weighted by Crippen LogP contribution is -2.14. The minimum absolute atomic E-state index is 0.188. The average molecular weight is 355 g/mol. The number of hydrogen-bond donors (Lipinski definition) is 2. The zero-order valence-electron chi connectivity index (χ0n) is 14.6. The number of carbonyl (C=O) groups excluding carboxylic acids is 1. The summed E-state index contributed by atoms with van der Waals surface area (Å²) in [5.41, 5.74) is 7.64. The van der Waals surface area contributed by atoms with Crippen LogP contribution in [0.5, 0.6) is 11.5 Å². The van der Waals surface area contributed by atoms with Crippen LogP contribution in [0, 0.1) is 12.7 Å². The van der Waals surface area contributed by atoms with Gasteiger partial charge in [-0.25, -0.2) is 4.39 Å². The van der Waals surface area contributed by atoms with E-state index in [2.05, 4.69) is 10.3 Å². The molecule has 7 heteroatoms. The third-order valence-corrected chi connectivity index (χ3v) is 4.17. The van der Waals surface area contributed by atoms with Crippen LogP contribution in [0.25, 0.3) is 10.9 Å². The van der Waals surface area contributed by atoms with Crippen molar-refractivity contribution in [3.63, 3.8) is 0 Å². The Labute approximate surface area is 149 Å². The smallest absolute Gasteiger partial charge is 0.252 e. The van der Waals surface area contributed by atoms with Crippen LogP contribution in [0.1, 0.15) is 15.9 Å². The maximum Gasteiger partial charge on any atom is 0.252 e. The Morgan fingerprint density at radius 2 is 1.88 bits per heavy atom. The van der Waals surface area contributed by atoms with Crippen LogP contribution < -0.4 is 20.5 Å². The Balaban J connectivity index is 2.27.